The quantitative estimate of drug-likeness (QED) is 0.542. The summed E-state index contributed by atoms with van der Waals surface area (Å²) in [7, 11) is 0. The number of benzene rings is 2. The van der Waals surface area contributed by atoms with Gasteiger partial charge in [-0.3, -0.25) is 4.79 Å². The van der Waals surface area contributed by atoms with Crippen LogP contribution in [0.15, 0.2) is 54.6 Å². The molecule has 0 saturated heterocycles. The van der Waals surface area contributed by atoms with Crippen molar-refractivity contribution in [2.45, 2.75) is 38.3 Å². The minimum atomic E-state index is -2.12. The van der Waals surface area contributed by atoms with Gasteiger partial charge in [-0.15, -0.1) is 0 Å². The number of Topliss-reactive ketones (excluding diaryl/α,β-unsaturated/α-hetero) is 1. The normalized spacial score (nSPS) is 13.0. The van der Waals surface area contributed by atoms with Crippen LogP contribution in [0.2, 0.25) is 5.02 Å². The van der Waals surface area contributed by atoms with Crippen molar-refractivity contribution >= 4 is 23.4 Å². The van der Waals surface area contributed by atoms with Crippen molar-refractivity contribution in [3.63, 3.8) is 0 Å². The van der Waals surface area contributed by atoms with E-state index in [1.807, 2.05) is 6.92 Å². The molecular formula is C21H22ClFO3. The van der Waals surface area contributed by atoms with Crippen LogP contribution in [0.4, 0.5) is 4.39 Å². The van der Waals surface area contributed by atoms with E-state index in [9.17, 15) is 9.59 Å². The Morgan fingerprint density at radius 3 is 2.50 bits per heavy atom. The molecule has 0 aliphatic heterocycles. The molecule has 2 aromatic rings. The van der Waals surface area contributed by atoms with E-state index in [-0.39, 0.29) is 25.0 Å². The Hall–Kier alpha value is -2.20. The van der Waals surface area contributed by atoms with Crippen LogP contribution < -0.4 is 0 Å². The zero-order valence-corrected chi connectivity index (χ0v) is 15.5. The van der Waals surface area contributed by atoms with E-state index in [2.05, 4.69) is 0 Å². The Morgan fingerprint density at radius 1 is 1.12 bits per heavy atom. The maximum absolute atomic E-state index is 15.6. The standard InChI is InChI=1S/C21H22ClFO3/c1-2-3-13-21(23,17-10-7-11-18(22)15-17)19(24)12-14-26-20(25)16-8-5-4-6-9-16/h4-11,15H,2-3,12-14H2,1H3. The molecule has 0 amide bonds. The van der Waals surface area contributed by atoms with Crippen molar-refractivity contribution in [2.24, 2.45) is 0 Å². The third-order valence-electron chi connectivity index (χ3n) is 4.17. The first kappa shape index (κ1) is 20.1. The van der Waals surface area contributed by atoms with E-state index < -0.39 is 17.4 Å². The monoisotopic (exact) mass is 376 g/mol. The van der Waals surface area contributed by atoms with E-state index >= 15 is 4.39 Å². The molecule has 0 radical (unpaired) electrons. The first-order valence-electron chi connectivity index (χ1n) is 8.68. The number of halogens is 2. The molecule has 0 spiro atoms. The number of hydrogen-bond acceptors (Lipinski definition) is 3. The summed E-state index contributed by atoms with van der Waals surface area (Å²) in [4.78, 5) is 24.5. The summed E-state index contributed by atoms with van der Waals surface area (Å²) in [5.41, 5.74) is -1.48. The summed E-state index contributed by atoms with van der Waals surface area (Å²) in [6.45, 7) is 1.77. The first-order chi connectivity index (χ1) is 12.5. The second-order valence-electron chi connectivity index (χ2n) is 6.09. The predicted octanol–water partition coefficient (Wildman–Crippen LogP) is 5.51. The summed E-state index contributed by atoms with van der Waals surface area (Å²) >= 11 is 5.96. The van der Waals surface area contributed by atoms with Gasteiger partial charge in [-0.2, -0.15) is 0 Å². The molecule has 0 N–H and O–H groups in total. The van der Waals surface area contributed by atoms with Gasteiger partial charge in [0.25, 0.3) is 0 Å². The number of hydrogen-bond donors (Lipinski definition) is 0. The number of carbonyl (C=O) groups excluding carboxylic acids is 2. The molecule has 1 unspecified atom stereocenters. The second-order valence-corrected chi connectivity index (χ2v) is 6.53. The lowest BCUT2D eigenvalue weighted by Gasteiger charge is -2.24. The van der Waals surface area contributed by atoms with Crippen LogP contribution in [0.3, 0.4) is 0 Å². The number of rotatable bonds is 9. The minimum Gasteiger partial charge on any atom is -0.462 e. The number of unbranched alkanes of at least 4 members (excludes halogenated alkanes) is 1. The van der Waals surface area contributed by atoms with Crippen molar-refractivity contribution in [2.75, 3.05) is 6.61 Å². The Kier molecular flexibility index (Phi) is 7.34. The third-order valence-corrected chi connectivity index (χ3v) is 4.41. The lowest BCUT2D eigenvalue weighted by Crippen LogP contribution is -2.32. The molecule has 0 aromatic heterocycles. The van der Waals surface area contributed by atoms with Gasteiger partial charge >= 0.3 is 5.97 Å². The minimum absolute atomic E-state index is 0.0787. The van der Waals surface area contributed by atoms with Gasteiger partial charge in [0.05, 0.1) is 12.2 Å². The summed E-state index contributed by atoms with van der Waals surface area (Å²) in [5.74, 6) is -1.13. The van der Waals surface area contributed by atoms with Crippen LogP contribution in [-0.2, 0) is 15.2 Å². The van der Waals surface area contributed by atoms with Crippen molar-refractivity contribution < 1.29 is 18.7 Å². The van der Waals surface area contributed by atoms with Gasteiger partial charge in [0.2, 0.25) is 0 Å². The summed E-state index contributed by atoms with van der Waals surface area (Å²) in [6, 6.07) is 14.8. The molecular weight excluding hydrogens is 355 g/mol. The molecule has 138 valence electrons. The van der Waals surface area contributed by atoms with Gasteiger partial charge in [-0.25, -0.2) is 9.18 Å². The van der Waals surface area contributed by atoms with Crippen LogP contribution in [0.5, 0.6) is 0 Å². The molecule has 2 rings (SSSR count). The summed E-state index contributed by atoms with van der Waals surface area (Å²) in [5, 5.41) is 0.379. The Bertz CT molecular complexity index is 748. The molecule has 0 fully saturated rings. The van der Waals surface area contributed by atoms with Crippen molar-refractivity contribution in [1.82, 2.24) is 0 Å². The Labute approximate surface area is 158 Å². The largest absolute Gasteiger partial charge is 0.462 e. The van der Waals surface area contributed by atoms with Crippen LogP contribution in [0.25, 0.3) is 0 Å². The fourth-order valence-electron chi connectivity index (χ4n) is 2.69. The summed E-state index contributed by atoms with van der Waals surface area (Å²) < 4.78 is 20.7. The zero-order chi connectivity index (χ0) is 19.0. The van der Waals surface area contributed by atoms with Gasteiger partial charge in [0.1, 0.15) is 0 Å². The molecule has 3 nitrogen and oxygen atoms in total. The van der Waals surface area contributed by atoms with Gasteiger partial charge in [-0.1, -0.05) is 55.3 Å². The number of alkyl halides is 1. The number of ether oxygens (including phenoxy) is 1. The van der Waals surface area contributed by atoms with E-state index in [4.69, 9.17) is 16.3 Å². The fraction of sp³-hybridized carbons (Fsp3) is 0.333. The number of ketones is 1. The Morgan fingerprint density at radius 2 is 1.85 bits per heavy atom. The highest BCUT2D eigenvalue weighted by atomic mass is 35.5. The van der Waals surface area contributed by atoms with Crippen LogP contribution in [0, 0.1) is 0 Å². The molecule has 0 bridgehead atoms. The highest BCUT2D eigenvalue weighted by Gasteiger charge is 2.39. The average molecular weight is 377 g/mol. The fourth-order valence-corrected chi connectivity index (χ4v) is 2.88. The summed E-state index contributed by atoms with van der Waals surface area (Å²) in [6.07, 6.45) is 1.22. The number of carbonyl (C=O) groups is 2. The molecule has 0 aliphatic rings. The lowest BCUT2D eigenvalue weighted by atomic mass is 9.85. The molecule has 5 heteroatoms. The highest BCUT2D eigenvalue weighted by molar-refractivity contribution is 6.30. The maximum atomic E-state index is 15.6. The van der Waals surface area contributed by atoms with Gasteiger partial charge < -0.3 is 4.74 Å². The van der Waals surface area contributed by atoms with Crippen LogP contribution in [-0.4, -0.2) is 18.4 Å². The van der Waals surface area contributed by atoms with Crippen molar-refractivity contribution in [3.05, 3.63) is 70.7 Å². The molecule has 0 heterocycles. The zero-order valence-electron chi connectivity index (χ0n) is 14.7. The molecule has 0 aliphatic carbocycles. The molecule has 0 saturated carbocycles. The van der Waals surface area contributed by atoms with Crippen molar-refractivity contribution in [3.8, 4) is 0 Å². The maximum Gasteiger partial charge on any atom is 0.338 e. The van der Waals surface area contributed by atoms with E-state index in [0.29, 0.717) is 17.0 Å². The van der Waals surface area contributed by atoms with E-state index in [0.717, 1.165) is 6.42 Å². The van der Waals surface area contributed by atoms with E-state index in [1.165, 1.54) is 6.07 Å². The SMILES string of the molecule is CCCCC(F)(C(=O)CCOC(=O)c1ccccc1)c1cccc(Cl)c1. The Balaban J connectivity index is 2.04. The van der Waals surface area contributed by atoms with Crippen molar-refractivity contribution in [1.29, 1.82) is 0 Å². The smallest absolute Gasteiger partial charge is 0.338 e. The van der Waals surface area contributed by atoms with Crippen LogP contribution >= 0.6 is 11.6 Å². The third kappa shape index (κ3) is 5.15. The first-order valence-corrected chi connectivity index (χ1v) is 9.05. The molecule has 2 aromatic carbocycles. The van der Waals surface area contributed by atoms with Crippen LogP contribution in [0.1, 0.15) is 48.5 Å². The molecule has 1 atom stereocenters. The second kappa shape index (κ2) is 9.48. The van der Waals surface area contributed by atoms with Gasteiger partial charge in [0.15, 0.2) is 11.5 Å². The van der Waals surface area contributed by atoms with Gasteiger partial charge in [0, 0.05) is 11.4 Å². The number of esters is 1. The average Bonchev–Trinajstić information content (AvgIpc) is 2.66. The molecule has 26 heavy (non-hydrogen) atoms. The lowest BCUT2D eigenvalue weighted by molar-refractivity contribution is -0.132. The topological polar surface area (TPSA) is 43.4 Å². The predicted molar refractivity (Wildman–Crippen MR) is 100 cm³/mol. The highest BCUT2D eigenvalue weighted by Crippen LogP contribution is 2.35. The van der Waals surface area contributed by atoms with Gasteiger partial charge in [-0.05, 0) is 42.7 Å². The van der Waals surface area contributed by atoms with E-state index in [1.54, 1.807) is 48.5 Å².